The van der Waals surface area contributed by atoms with Gasteiger partial charge in [0, 0.05) is 31.6 Å². The topological polar surface area (TPSA) is 64.2 Å². The van der Waals surface area contributed by atoms with Crippen LogP contribution in [0.25, 0.3) is 11.1 Å². The molecule has 0 bridgehead atoms. The van der Waals surface area contributed by atoms with E-state index in [1.54, 1.807) is 25.2 Å². The minimum Gasteiger partial charge on any atom is -0.408 e. The molecule has 1 N–H and O–H groups in total. The van der Waals surface area contributed by atoms with Crippen LogP contribution in [0.1, 0.15) is 10.4 Å². The van der Waals surface area contributed by atoms with Crippen molar-refractivity contribution in [2.24, 2.45) is 13.0 Å². The lowest BCUT2D eigenvalue weighted by molar-refractivity contribution is 0.0878. The van der Waals surface area contributed by atoms with Gasteiger partial charge in [0.25, 0.3) is 0 Å². The minimum absolute atomic E-state index is 0.0661. The molecule has 2 aromatic rings. The first kappa shape index (κ1) is 10.3. The Kier molecular flexibility index (Phi) is 2.16. The van der Waals surface area contributed by atoms with E-state index in [0.29, 0.717) is 16.7 Å². The lowest BCUT2D eigenvalue weighted by Crippen LogP contribution is -2.46. The van der Waals surface area contributed by atoms with Gasteiger partial charge in [0.1, 0.15) is 0 Å². The number of hydrogen-bond acceptors (Lipinski definition) is 4. The van der Waals surface area contributed by atoms with Crippen molar-refractivity contribution in [2.75, 3.05) is 13.1 Å². The van der Waals surface area contributed by atoms with Gasteiger partial charge in [0.05, 0.1) is 5.52 Å². The maximum absolute atomic E-state index is 12.0. The quantitative estimate of drug-likeness (QED) is 0.767. The minimum atomic E-state index is -0.407. The number of hydrogen-bond donors (Lipinski definition) is 1. The van der Waals surface area contributed by atoms with Crippen LogP contribution in [-0.4, -0.2) is 23.4 Å². The number of nitrogens with one attached hydrogen (secondary N) is 1. The van der Waals surface area contributed by atoms with Crippen molar-refractivity contribution in [3.8, 4) is 0 Å². The molecule has 88 valence electrons. The number of carbonyl (C=O) groups excluding carboxylic acids is 1. The van der Waals surface area contributed by atoms with Crippen LogP contribution in [0, 0.1) is 5.92 Å². The van der Waals surface area contributed by atoms with Gasteiger partial charge in [-0.15, -0.1) is 0 Å². The first-order valence-corrected chi connectivity index (χ1v) is 5.51. The monoisotopic (exact) mass is 232 g/mol. The molecule has 3 rings (SSSR count). The Balaban J connectivity index is 2.09. The molecular weight excluding hydrogens is 220 g/mol. The van der Waals surface area contributed by atoms with Gasteiger partial charge in [0.15, 0.2) is 11.4 Å². The molecule has 1 aromatic carbocycles. The molecule has 2 heterocycles. The zero-order chi connectivity index (χ0) is 12.0. The fourth-order valence-electron chi connectivity index (χ4n) is 1.99. The molecule has 17 heavy (non-hydrogen) atoms. The SMILES string of the molecule is Cn1c(=O)oc2ccc(C(=O)C3CNC3)cc21. The molecule has 1 aliphatic rings. The van der Waals surface area contributed by atoms with Crippen molar-refractivity contribution < 1.29 is 9.21 Å². The largest absolute Gasteiger partial charge is 0.419 e. The maximum Gasteiger partial charge on any atom is 0.419 e. The van der Waals surface area contributed by atoms with Crippen molar-refractivity contribution in [3.05, 3.63) is 34.3 Å². The zero-order valence-electron chi connectivity index (χ0n) is 9.40. The fraction of sp³-hybridized carbons (Fsp3) is 0.333. The number of aromatic nitrogens is 1. The summed E-state index contributed by atoms with van der Waals surface area (Å²) in [6, 6.07) is 5.11. The van der Waals surface area contributed by atoms with Crippen molar-refractivity contribution in [1.82, 2.24) is 9.88 Å². The van der Waals surface area contributed by atoms with E-state index in [0.717, 1.165) is 13.1 Å². The molecule has 0 saturated carbocycles. The number of ketones is 1. The van der Waals surface area contributed by atoms with Gasteiger partial charge in [-0.25, -0.2) is 4.79 Å². The molecule has 0 spiro atoms. The number of fused-ring (bicyclic) bond motifs is 1. The number of rotatable bonds is 2. The molecule has 0 unspecified atom stereocenters. The molecule has 1 fully saturated rings. The van der Waals surface area contributed by atoms with Gasteiger partial charge in [-0.1, -0.05) is 0 Å². The Morgan fingerprint density at radius 2 is 2.24 bits per heavy atom. The van der Waals surface area contributed by atoms with E-state index >= 15 is 0 Å². The zero-order valence-corrected chi connectivity index (χ0v) is 9.40. The smallest absolute Gasteiger partial charge is 0.408 e. The van der Waals surface area contributed by atoms with Gasteiger partial charge < -0.3 is 9.73 Å². The predicted octanol–water partition coefficient (Wildman–Crippen LogP) is 0.534. The number of benzene rings is 1. The van der Waals surface area contributed by atoms with E-state index in [2.05, 4.69) is 5.32 Å². The summed E-state index contributed by atoms with van der Waals surface area (Å²) >= 11 is 0. The van der Waals surface area contributed by atoms with Crippen molar-refractivity contribution >= 4 is 16.9 Å². The number of nitrogens with zero attached hydrogens (tertiary/aromatic N) is 1. The summed E-state index contributed by atoms with van der Waals surface area (Å²) in [5.41, 5.74) is 1.81. The molecule has 0 amide bonds. The molecule has 0 radical (unpaired) electrons. The van der Waals surface area contributed by atoms with Gasteiger partial charge >= 0.3 is 5.76 Å². The molecule has 1 saturated heterocycles. The highest BCUT2D eigenvalue weighted by Gasteiger charge is 2.26. The summed E-state index contributed by atoms with van der Waals surface area (Å²) in [6.45, 7) is 1.47. The second kappa shape index (κ2) is 3.56. The Hall–Kier alpha value is -1.88. The summed E-state index contributed by atoms with van der Waals surface area (Å²) in [5, 5.41) is 3.07. The summed E-state index contributed by atoms with van der Waals surface area (Å²) in [5.74, 6) is -0.217. The molecule has 0 atom stereocenters. The third-order valence-corrected chi connectivity index (χ3v) is 3.23. The highest BCUT2D eigenvalue weighted by molar-refractivity contribution is 6.00. The Labute approximate surface area is 97.0 Å². The standard InChI is InChI=1S/C12H12N2O3/c1-14-9-4-7(11(15)8-5-13-6-8)2-3-10(9)17-12(14)16/h2-4,8,13H,5-6H2,1H3. The first-order valence-electron chi connectivity index (χ1n) is 5.51. The average molecular weight is 232 g/mol. The van der Waals surface area contributed by atoms with Gasteiger partial charge in [0.2, 0.25) is 0 Å². The molecular formula is C12H12N2O3. The molecule has 0 aliphatic carbocycles. The molecule has 1 aromatic heterocycles. The van der Waals surface area contributed by atoms with Crippen molar-refractivity contribution in [3.63, 3.8) is 0 Å². The summed E-state index contributed by atoms with van der Waals surface area (Å²) in [6.07, 6.45) is 0. The van der Waals surface area contributed by atoms with Crippen LogP contribution in [-0.2, 0) is 7.05 Å². The fourth-order valence-corrected chi connectivity index (χ4v) is 1.99. The Morgan fingerprint density at radius 3 is 2.88 bits per heavy atom. The average Bonchev–Trinajstić information content (AvgIpc) is 2.52. The van der Waals surface area contributed by atoms with Crippen LogP contribution in [0.5, 0.6) is 0 Å². The number of oxazole rings is 1. The summed E-state index contributed by atoms with van der Waals surface area (Å²) in [7, 11) is 1.63. The third-order valence-electron chi connectivity index (χ3n) is 3.23. The van der Waals surface area contributed by atoms with Crippen molar-refractivity contribution in [1.29, 1.82) is 0 Å². The van der Waals surface area contributed by atoms with Gasteiger partial charge in [-0.3, -0.25) is 9.36 Å². The van der Waals surface area contributed by atoms with E-state index in [1.807, 2.05) is 0 Å². The van der Waals surface area contributed by atoms with Crippen LogP contribution in [0.4, 0.5) is 0 Å². The van der Waals surface area contributed by atoms with E-state index in [9.17, 15) is 9.59 Å². The number of carbonyl (C=O) groups is 1. The van der Waals surface area contributed by atoms with Crippen LogP contribution in [0.15, 0.2) is 27.4 Å². The Bertz CT molecular complexity index is 649. The lowest BCUT2D eigenvalue weighted by atomic mass is 9.93. The van der Waals surface area contributed by atoms with E-state index in [1.165, 1.54) is 4.57 Å². The summed E-state index contributed by atoms with van der Waals surface area (Å²) < 4.78 is 6.43. The third kappa shape index (κ3) is 1.51. The molecule has 5 nitrogen and oxygen atoms in total. The van der Waals surface area contributed by atoms with E-state index in [4.69, 9.17) is 4.42 Å². The van der Waals surface area contributed by atoms with Gasteiger partial charge in [-0.2, -0.15) is 0 Å². The normalized spacial score (nSPS) is 16.1. The maximum atomic E-state index is 12.0. The highest BCUT2D eigenvalue weighted by Crippen LogP contribution is 2.18. The van der Waals surface area contributed by atoms with Crippen LogP contribution in [0.3, 0.4) is 0 Å². The Morgan fingerprint density at radius 1 is 1.47 bits per heavy atom. The van der Waals surface area contributed by atoms with E-state index < -0.39 is 5.76 Å². The van der Waals surface area contributed by atoms with E-state index in [-0.39, 0.29) is 11.7 Å². The lowest BCUT2D eigenvalue weighted by Gasteiger charge is -2.25. The van der Waals surface area contributed by atoms with Crippen LogP contribution in [0.2, 0.25) is 0 Å². The molecule has 5 heteroatoms. The first-order chi connectivity index (χ1) is 8.16. The second-order valence-corrected chi connectivity index (χ2v) is 4.33. The highest BCUT2D eigenvalue weighted by atomic mass is 16.4. The number of aryl methyl sites for hydroxylation is 1. The predicted molar refractivity (Wildman–Crippen MR) is 62.1 cm³/mol. The second-order valence-electron chi connectivity index (χ2n) is 4.33. The van der Waals surface area contributed by atoms with Crippen LogP contribution >= 0.6 is 0 Å². The summed E-state index contributed by atoms with van der Waals surface area (Å²) in [4.78, 5) is 23.4. The van der Waals surface area contributed by atoms with Crippen molar-refractivity contribution in [2.45, 2.75) is 0 Å². The van der Waals surface area contributed by atoms with Gasteiger partial charge in [-0.05, 0) is 18.2 Å². The number of Topliss-reactive ketones (excluding diaryl/α,β-unsaturated/α-hetero) is 1. The van der Waals surface area contributed by atoms with Crippen LogP contribution < -0.4 is 11.1 Å². The molecule has 1 aliphatic heterocycles.